The van der Waals surface area contributed by atoms with Gasteiger partial charge in [-0.3, -0.25) is 9.52 Å². The Morgan fingerprint density at radius 1 is 0.946 bits per heavy atom. The van der Waals surface area contributed by atoms with Gasteiger partial charge in [0.05, 0.1) is 5.75 Å². The first-order valence-electron chi connectivity index (χ1n) is 12.8. The first-order chi connectivity index (χ1) is 17.7. The fraction of sp³-hybridized carbons (Fsp3) is 0.367. The maximum absolute atomic E-state index is 12.7. The van der Waals surface area contributed by atoms with Gasteiger partial charge in [-0.15, -0.1) is 0 Å². The molecule has 5 rings (SSSR count). The SMILES string of the molecule is CC(=O)O.CC1(c2cccc(NS(=O)(=O)Cc3ccccc3)c2)C2CN(CCCc3ccccc3)CC21. The van der Waals surface area contributed by atoms with E-state index < -0.39 is 16.0 Å². The van der Waals surface area contributed by atoms with Gasteiger partial charge in [-0.2, -0.15) is 0 Å². The van der Waals surface area contributed by atoms with E-state index in [1.807, 2.05) is 48.5 Å². The number of benzene rings is 3. The summed E-state index contributed by atoms with van der Waals surface area (Å²) in [5.41, 5.74) is 4.27. The van der Waals surface area contributed by atoms with Crippen molar-refractivity contribution < 1.29 is 18.3 Å². The molecule has 1 saturated carbocycles. The molecule has 0 spiro atoms. The van der Waals surface area contributed by atoms with Crippen LogP contribution in [0.25, 0.3) is 0 Å². The molecular weight excluding hydrogens is 484 g/mol. The Bertz CT molecular complexity index is 1280. The Morgan fingerprint density at radius 2 is 1.51 bits per heavy atom. The smallest absolute Gasteiger partial charge is 0.300 e. The van der Waals surface area contributed by atoms with Crippen molar-refractivity contribution >= 4 is 21.7 Å². The average Bonchev–Trinajstić information content (AvgIpc) is 3.18. The van der Waals surface area contributed by atoms with E-state index in [0.717, 1.165) is 38.5 Å². The third kappa shape index (κ3) is 6.99. The molecule has 0 bridgehead atoms. The highest BCUT2D eigenvalue weighted by atomic mass is 32.2. The van der Waals surface area contributed by atoms with Crippen molar-refractivity contribution in [1.82, 2.24) is 4.90 Å². The highest BCUT2D eigenvalue weighted by Crippen LogP contribution is 2.63. The van der Waals surface area contributed by atoms with Crippen molar-refractivity contribution in [3.8, 4) is 0 Å². The number of aliphatic carboxylic acids is 1. The van der Waals surface area contributed by atoms with Crippen LogP contribution < -0.4 is 4.72 Å². The number of likely N-dealkylation sites (tertiary alicyclic amines) is 1. The van der Waals surface area contributed by atoms with Crippen molar-refractivity contribution in [1.29, 1.82) is 0 Å². The molecule has 7 heteroatoms. The number of carbonyl (C=O) groups is 1. The Morgan fingerprint density at radius 3 is 2.11 bits per heavy atom. The van der Waals surface area contributed by atoms with E-state index in [-0.39, 0.29) is 11.2 Å². The Balaban J connectivity index is 0.000000747. The summed E-state index contributed by atoms with van der Waals surface area (Å²) in [4.78, 5) is 11.6. The molecule has 0 aromatic heterocycles. The summed E-state index contributed by atoms with van der Waals surface area (Å²) in [6.45, 7) is 6.86. The third-order valence-electron chi connectivity index (χ3n) is 7.57. The number of carboxylic acids is 1. The maximum atomic E-state index is 12.7. The summed E-state index contributed by atoms with van der Waals surface area (Å²) in [6, 6.07) is 28.0. The molecule has 0 amide bonds. The maximum Gasteiger partial charge on any atom is 0.300 e. The minimum Gasteiger partial charge on any atom is -0.481 e. The van der Waals surface area contributed by atoms with Crippen LogP contribution >= 0.6 is 0 Å². The summed E-state index contributed by atoms with van der Waals surface area (Å²) < 4.78 is 28.1. The molecule has 196 valence electrons. The van der Waals surface area contributed by atoms with E-state index in [2.05, 4.69) is 52.9 Å². The summed E-state index contributed by atoms with van der Waals surface area (Å²) in [6.07, 6.45) is 2.33. The number of nitrogens with one attached hydrogen (secondary N) is 1. The first kappa shape index (κ1) is 26.9. The Labute approximate surface area is 220 Å². The minimum atomic E-state index is -3.45. The number of sulfonamides is 1. The molecule has 6 nitrogen and oxygen atoms in total. The molecular formula is C30H36N2O4S. The fourth-order valence-electron chi connectivity index (χ4n) is 5.65. The normalized spacial score (nSPS) is 22.4. The molecule has 3 aromatic carbocycles. The minimum absolute atomic E-state index is 0.0154. The number of carboxylic acid groups (broad SMARTS) is 1. The average molecular weight is 521 g/mol. The van der Waals surface area contributed by atoms with Crippen molar-refractivity contribution in [3.63, 3.8) is 0 Å². The van der Waals surface area contributed by atoms with E-state index in [9.17, 15) is 8.42 Å². The standard InChI is InChI=1S/C28H32N2O2S.C2H4O2/c1-28(26-19-30(20-27(26)28)17-9-14-22-10-4-2-5-11-22)24-15-8-16-25(18-24)29-33(31,32)21-23-12-6-3-7-13-23;1-2(3)4/h2-8,10-13,15-16,18,26-27,29H,9,14,17,19-21H2,1H3;1H3,(H,3,4). The molecule has 2 N–H and O–H groups in total. The molecule has 1 saturated heterocycles. The summed E-state index contributed by atoms with van der Waals surface area (Å²) in [5.74, 6) is 0.467. The fourth-order valence-corrected chi connectivity index (χ4v) is 6.84. The van der Waals surface area contributed by atoms with Crippen LogP contribution in [0.15, 0.2) is 84.9 Å². The van der Waals surface area contributed by atoms with Crippen LogP contribution in [0, 0.1) is 11.8 Å². The highest BCUT2D eigenvalue weighted by molar-refractivity contribution is 7.91. The van der Waals surface area contributed by atoms with Gasteiger partial charge in [0.2, 0.25) is 10.0 Å². The van der Waals surface area contributed by atoms with E-state index in [0.29, 0.717) is 17.5 Å². The van der Waals surface area contributed by atoms with Gasteiger partial charge in [0.1, 0.15) is 0 Å². The monoisotopic (exact) mass is 520 g/mol. The van der Waals surface area contributed by atoms with E-state index in [1.54, 1.807) is 0 Å². The van der Waals surface area contributed by atoms with E-state index in [4.69, 9.17) is 9.90 Å². The Hall–Kier alpha value is -3.16. The number of anilines is 1. The van der Waals surface area contributed by atoms with Crippen molar-refractivity contribution in [2.75, 3.05) is 24.4 Å². The van der Waals surface area contributed by atoms with Gasteiger partial charge in [0.25, 0.3) is 5.97 Å². The molecule has 2 unspecified atom stereocenters. The molecule has 1 aliphatic carbocycles. The lowest BCUT2D eigenvalue weighted by Gasteiger charge is -2.25. The van der Waals surface area contributed by atoms with Crippen LogP contribution in [-0.2, 0) is 32.4 Å². The van der Waals surface area contributed by atoms with Gasteiger partial charge < -0.3 is 10.0 Å². The second-order valence-electron chi connectivity index (χ2n) is 10.3. The van der Waals surface area contributed by atoms with Crippen LogP contribution in [0.5, 0.6) is 0 Å². The third-order valence-corrected chi connectivity index (χ3v) is 8.83. The number of aryl methyl sites for hydroxylation is 1. The number of nitrogens with zero attached hydrogens (tertiary/aromatic N) is 1. The number of rotatable bonds is 9. The van der Waals surface area contributed by atoms with Crippen LogP contribution in [0.4, 0.5) is 5.69 Å². The first-order valence-corrected chi connectivity index (χ1v) is 14.4. The van der Waals surface area contributed by atoms with Gasteiger partial charge >= 0.3 is 0 Å². The van der Waals surface area contributed by atoms with Crippen LogP contribution in [0.1, 0.15) is 37.0 Å². The largest absolute Gasteiger partial charge is 0.481 e. The topological polar surface area (TPSA) is 86.7 Å². The van der Waals surface area contributed by atoms with Gasteiger partial charge in [0.15, 0.2) is 0 Å². The van der Waals surface area contributed by atoms with E-state index >= 15 is 0 Å². The van der Waals surface area contributed by atoms with Crippen molar-refractivity contribution in [2.24, 2.45) is 11.8 Å². The Kier molecular flexibility index (Phi) is 8.35. The van der Waals surface area contributed by atoms with E-state index in [1.165, 1.54) is 17.5 Å². The predicted octanol–water partition coefficient (Wildman–Crippen LogP) is 5.17. The van der Waals surface area contributed by atoms with Crippen LogP contribution in [0.2, 0.25) is 0 Å². The zero-order valence-electron chi connectivity index (χ0n) is 21.5. The zero-order valence-corrected chi connectivity index (χ0v) is 22.3. The van der Waals surface area contributed by atoms with Crippen molar-refractivity contribution in [2.45, 2.75) is 37.9 Å². The quantitative estimate of drug-likeness (QED) is 0.406. The molecule has 2 fully saturated rings. The lowest BCUT2D eigenvalue weighted by molar-refractivity contribution is -0.134. The number of piperidine rings is 1. The van der Waals surface area contributed by atoms with Gasteiger partial charge in [-0.1, -0.05) is 79.7 Å². The zero-order chi connectivity index (χ0) is 26.5. The number of hydrogen-bond acceptors (Lipinski definition) is 4. The summed E-state index contributed by atoms with van der Waals surface area (Å²) in [7, 11) is -3.45. The molecule has 1 aliphatic heterocycles. The lowest BCUT2D eigenvalue weighted by atomic mass is 9.92. The van der Waals surface area contributed by atoms with Gasteiger partial charge in [-0.25, -0.2) is 8.42 Å². The van der Waals surface area contributed by atoms with Crippen LogP contribution in [-0.4, -0.2) is 44.0 Å². The van der Waals surface area contributed by atoms with Gasteiger partial charge in [-0.05, 0) is 60.0 Å². The second-order valence-corrected chi connectivity index (χ2v) is 12.0. The molecule has 37 heavy (non-hydrogen) atoms. The summed E-state index contributed by atoms with van der Waals surface area (Å²) >= 11 is 0. The highest BCUT2D eigenvalue weighted by Gasteiger charge is 2.65. The van der Waals surface area contributed by atoms with Crippen LogP contribution in [0.3, 0.4) is 0 Å². The number of hydrogen-bond donors (Lipinski definition) is 2. The molecule has 2 atom stereocenters. The summed E-state index contributed by atoms with van der Waals surface area (Å²) in [5, 5.41) is 7.42. The lowest BCUT2D eigenvalue weighted by Crippen LogP contribution is -2.30. The van der Waals surface area contributed by atoms with Gasteiger partial charge in [0, 0.05) is 31.1 Å². The second kappa shape index (κ2) is 11.5. The molecule has 2 aliphatic rings. The van der Waals surface area contributed by atoms with Crippen molar-refractivity contribution in [3.05, 3.63) is 102 Å². The molecule has 3 aromatic rings. The molecule has 0 radical (unpaired) electrons. The number of fused-ring (bicyclic) bond motifs is 1. The predicted molar refractivity (Wildman–Crippen MR) is 148 cm³/mol. The molecule has 1 heterocycles.